The van der Waals surface area contributed by atoms with Gasteiger partial charge in [-0.25, -0.2) is 0 Å². The lowest BCUT2D eigenvalue weighted by Crippen LogP contribution is -2.32. The minimum absolute atomic E-state index is 0.326. The number of halogens is 1. The number of para-hydroxylation sites is 1. The number of hydrogen-bond acceptors (Lipinski definition) is 2. The molecule has 86 valence electrons. The van der Waals surface area contributed by atoms with E-state index in [1.54, 1.807) is 5.54 Å². The molecule has 1 aromatic rings. The lowest BCUT2D eigenvalue weighted by Gasteiger charge is -2.34. The fourth-order valence-electron chi connectivity index (χ4n) is 2.11. The van der Waals surface area contributed by atoms with Crippen molar-refractivity contribution >= 4 is 17.3 Å². The van der Waals surface area contributed by atoms with Crippen molar-refractivity contribution in [2.24, 2.45) is 0 Å². The minimum atomic E-state index is -0.326. The molecule has 0 aliphatic carbocycles. The number of anilines is 1. The van der Waals surface area contributed by atoms with E-state index in [1.807, 2.05) is 25.1 Å². The maximum Gasteiger partial charge on any atom is 0.0826 e. The third-order valence-corrected chi connectivity index (χ3v) is 3.31. The second-order valence-electron chi connectivity index (χ2n) is 4.24. The van der Waals surface area contributed by atoms with Gasteiger partial charge in [0.25, 0.3) is 0 Å². The number of benzene rings is 1. The third-order valence-electron chi connectivity index (χ3n) is 2.94. The molecule has 0 radical (unpaired) electrons. The molecule has 16 heavy (non-hydrogen) atoms. The largest absolute Gasteiger partial charge is 0.388 e. The van der Waals surface area contributed by atoms with Gasteiger partial charge < -0.3 is 10.0 Å². The normalized spacial score (nSPS) is 20.8. The Hall–Kier alpha value is -0.990. The van der Waals surface area contributed by atoms with E-state index in [4.69, 9.17) is 11.6 Å². The molecule has 0 bridgehead atoms. The summed E-state index contributed by atoms with van der Waals surface area (Å²) in [5.41, 5.74) is 4.90. The molecule has 2 nitrogen and oxygen atoms in total. The van der Waals surface area contributed by atoms with Crippen molar-refractivity contribution in [2.45, 2.75) is 19.4 Å². The van der Waals surface area contributed by atoms with Crippen molar-refractivity contribution in [2.75, 3.05) is 18.0 Å². The van der Waals surface area contributed by atoms with E-state index in [1.165, 1.54) is 0 Å². The van der Waals surface area contributed by atoms with Gasteiger partial charge in [-0.15, -0.1) is 0 Å². The molecule has 3 heteroatoms. The van der Waals surface area contributed by atoms with E-state index < -0.39 is 0 Å². The molecule has 0 saturated heterocycles. The van der Waals surface area contributed by atoms with Gasteiger partial charge >= 0.3 is 0 Å². The van der Waals surface area contributed by atoms with E-state index in [9.17, 15) is 5.11 Å². The van der Waals surface area contributed by atoms with Crippen LogP contribution in [0.2, 0.25) is 0 Å². The van der Waals surface area contributed by atoms with Crippen LogP contribution in [0.1, 0.15) is 25.0 Å². The zero-order valence-electron chi connectivity index (χ0n) is 9.36. The van der Waals surface area contributed by atoms with Crippen molar-refractivity contribution in [3.05, 3.63) is 40.9 Å². The number of rotatable bonds is 2. The standard InChI is InChI=1S/C13H16ClNO/c1-10(8-14)9-15-7-6-13(16)11-4-2-3-5-12(11)15/h2-5,8,13,16H,6-7,9H2,1H3/b10-8-. The van der Waals surface area contributed by atoms with Gasteiger partial charge in [0.1, 0.15) is 0 Å². The molecule has 1 aliphatic heterocycles. The predicted octanol–water partition coefficient (Wildman–Crippen LogP) is 3.07. The number of aliphatic hydroxyl groups is 1. The first-order valence-corrected chi connectivity index (χ1v) is 5.94. The number of fused-ring (bicyclic) bond motifs is 1. The van der Waals surface area contributed by atoms with Crippen molar-refractivity contribution in [1.29, 1.82) is 0 Å². The second kappa shape index (κ2) is 4.89. The van der Waals surface area contributed by atoms with Gasteiger partial charge in [0.15, 0.2) is 0 Å². The number of aliphatic hydroxyl groups excluding tert-OH is 1. The predicted molar refractivity (Wildman–Crippen MR) is 67.8 cm³/mol. The molecule has 0 spiro atoms. The first kappa shape index (κ1) is 11.5. The molecule has 1 heterocycles. The quantitative estimate of drug-likeness (QED) is 0.855. The van der Waals surface area contributed by atoms with E-state index in [0.717, 1.165) is 36.3 Å². The van der Waals surface area contributed by atoms with Crippen molar-refractivity contribution in [1.82, 2.24) is 0 Å². The maximum atomic E-state index is 9.90. The van der Waals surface area contributed by atoms with Gasteiger partial charge in [-0.3, -0.25) is 0 Å². The van der Waals surface area contributed by atoms with Gasteiger partial charge in [0.2, 0.25) is 0 Å². The SMILES string of the molecule is C/C(=C/Cl)CN1CCC(O)c2ccccc21. The van der Waals surface area contributed by atoms with E-state index in [0.29, 0.717) is 0 Å². The first-order chi connectivity index (χ1) is 7.72. The van der Waals surface area contributed by atoms with Crippen molar-refractivity contribution in [3.8, 4) is 0 Å². The Morgan fingerprint density at radius 3 is 3.06 bits per heavy atom. The summed E-state index contributed by atoms with van der Waals surface area (Å²) in [5, 5.41) is 9.90. The van der Waals surface area contributed by atoms with Gasteiger partial charge in [0.05, 0.1) is 6.10 Å². The molecule has 1 aromatic carbocycles. The molecule has 0 fully saturated rings. The molecule has 0 amide bonds. The van der Waals surface area contributed by atoms with Crippen LogP contribution >= 0.6 is 11.6 Å². The summed E-state index contributed by atoms with van der Waals surface area (Å²) < 4.78 is 0. The Bertz CT molecular complexity index is 403. The Morgan fingerprint density at radius 2 is 2.31 bits per heavy atom. The molecule has 1 N–H and O–H groups in total. The van der Waals surface area contributed by atoms with Gasteiger partial charge in [-0.05, 0) is 25.0 Å². The van der Waals surface area contributed by atoms with Crippen LogP contribution in [0.3, 0.4) is 0 Å². The lowest BCUT2D eigenvalue weighted by molar-refractivity contribution is 0.164. The van der Waals surface area contributed by atoms with Gasteiger partial charge in [-0.1, -0.05) is 29.8 Å². The molecule has 2 rings (SSSR count). The highest BCUT2D eigenvalue weighted by atomic mass is 35.5. The summed E-state index contributed by atoms with van der Waals surface area (Å²) >= 11 is 5.69. The molecular formula is C13H16ClNO. The highest BCUT2D eigenvalue weighted by Crippen LogP contribution is 2.33. The van der Waals surface area contributed by atoms with Gasteiger partial charge in [0, 0.05) is 29.9 Å². The number of nitrogens with zero attached hydrogens (tertiary/aromatic N) is 1. The van der Waals surface area contributed by atoms with E-state index in [2.05, 4.69) is 11.0 Å². The van der Waals surface area contributed by atoms with Gasteiger partial charge in [-0.2, -0.15) is 0 Å². The average molecular weight is 238 g/mol. The molecule has 1 atom stereocenters. The van der Waals surface area contributed by atoms with Crippen LogP contribution in [-0.2, 0) is 0 Å². The molecule has 0 saturated carbocycles. The highest BCUT2D eigenvalue weighted by Gasteiger charge is 2.22. The first-order valence-electron chi connectivity index (χ1n) is 5.50. The molecule has 1 aliphatic rings. The van der Waals surface area contributed by atoms with Crippen LogP contribution in [0.5, 0.6) is 0 Å². The van der Waals surface area contributed by atoms with E-state index in [-0.39, 0.29) is 6.10 Å². The summed E-state index contributed by atoms with van der Waals surface area (Å²) in [6.45, 7) is 3.72. The van der Waals surface area contributed by atoms with Crippen LogP contribution < -0.4 is 4.90 Å². The third kappa shape index (κ3) is 2.23. The minimum Gasteiger partial charge on any atom is -0.388 e. The van der Waals surface area contributed by atoms with Crippen LogP contribution in [0, 0.1) is 0 Å². The summed E-state index contributed by atoms with van der Waals surface area (Å²) in [6.07, 6.45) is 0.458. The Morgan fingerprint density at radius 1 is 1.56 bits per heavy atom. The molecular weight excluding hydrogens is 222 g/mol. The summed E-state index contributed by atoms with van der Waals surface area (Å²) in [5.74, 6) is 0. The monoisotopic (exact) mass is 237 g/mol. The summed E-state index contributed by atoms with van der Waals surface area (Å²) in [7, 11) is 0. The van der Waals surface area contributed by atoms with Crippen LogP contribution in [0.25, 0.3) is 0 Å². The Kier molecular flexibility index (Phi) is 3.52. The van der Waals surface area contributed by atoms with Crippen LogP contribution in [0.4, 0.5) is 5.69 Å². The zero-order chi connectivity index (χ0) is 11.5. The van der Waals surface area contributed by atoms with E-state index >= 15 is 0 Å². The topological polar surface area (TPSA) is 23.5 Å². The number of hydrogen-bond donors (Lipinski definition) is 1. The smallest absolute Gasteiger partial charge is 0.0826 e. The lowest BCUT2D eigenvalue weighted by atomic mass is 9.98. The second-order valence-corrected chi connectivity index (χ2v) is 4.46. The van der Waals surface area contributed by atoms with Crippen molar-refractivity contribution in [3.63, 3.8) is 0 Å². The summed E-state index contributed by atoms with van der Waals surface area (Å²) in [4.78, 5) is 2.26. The molecule has 0 aromatic heterocycles. The maximum absolute atomic E-state index is 9.90. The zero-order valence-corrected chi connectivity index (χ0v) is 10.1. The summed E-state index contributed by atoms with van der Waals surface area (Å²) in [6, 6.07) is 8.02. The fraction of sp³-hybridized carbons (Fsp3) is 0.385. The highest BCUT2D eigenvalue weighted by molar-refractivity contribution is 6.25. The average Bonchev–Trinajstić information content (AvgIpc) is 2.33. The Balaban J connectivity index is 2.28. The Labute approximate surface area is 101 Å². The van der Waals surface area contributed by atoms with Crippen LogP contribution in [0.15, 0.2) is 35.4 Å². The molecule has 1 unspecified atom stereocenters. The fourth-order valence-corrected chi connectivity index (χ4v) is 2.18. The van der Waals surface area contributed by atoms with Crippen LogP contribution in [-0.4, -0.2) is 18.2 Å². The van der Waals surface area contributed by atoms with Crippen molar-refractivity contribution < 1.29 is 5.11 Å².